The maximum Gasteiger partial charge on any atom is 0.325 e. The number of nitrogens with zero attached hydrogens (tertiary/aromatic N) is 4. The summed E-state index contributed by atoms with van der Waals surface area (Å²) in [5, 5.41) is 19.4. The molecule has 0 bridgehead atoms. The van der Waals surface area contributed by atoms with Crippen molar-refractivity contribution in [3.8, 4) is 6.07 Å². The molecule has 2 N–H and O–H groups in total. The monoisotopic (exact) mass is 418 g/mol. The number of thiazole rings is 1. The van der Waals surface area contributed by atoms with E-state index in [0.29, 0.717) is 16.3 Å². The number of aromatic amines is 2. The molecule has 0 saturated heterocycles. The number of nitriles is 1. The van der Waals surface area contributed by atoms with E-state index in [1.54, 1.807) is 19.2 Å². The number of nitrogens with one attached hydrogen (secondary N) is 2. The van der Waals surface area contributed by atoms with Crippen LogP contribution in [0.25, 0.3) is 0 Å². The van der Waals surface area contributed by atoms with Crippen molar-refractivity contribution < 1.29 is 9.21 Å². The van der Waals surface area contributed by atoms with Crippen molar-refractivity contribution in [3.63, 3.8) is 0 Å². The number of carbonyl (C=O) groups is 1. The molecular formula is C16H14N6O4S2. The SMILES string of the molecule is Cc1csc(C(C#N)C(=O)CSc2nnc(Cc3c(C)[nH]c(=O)[nH]c3=O)o2)n1. The third-order valence-electron chi connectivity index (χ3n) is 3.70. The van der Waals surface area contributed by atoms with E-state index in [1.807, 2.05) is 6.07 Å². The van der Waals surface area contributed by atoms with Gasteiger partial charge in [0.05, 0.1) is 18.2 Å². The molecule has 0 amide bonds. The number of rotatable bonds is 7. The molecule has 3 rings (SSSR count). The second kappa shape index (κ2) is 8.32. The first-order valence-electron chi connectivity index (χ1n) is 7.99. The Bertz CT molecular complexity index is 1170. The Morgan fingerprint density at radius 3 is 2.79 bits per heavy atom. The zero-order chi connectivity index (χ0) is 20.3. The van der Waals surface area contributed by atoms with Crippen molar-refractivity contribution in [1.29, 1.82) is 5.26 Å². The lowest BCUT2D eigenvalue weighted by molar-refractivity contribution is -0.116. The summed E-state index contributed by atoms with van der Waals surface area (Å²) >= 11 is 2.28. The number of H-pyrrole nitrogens is 2. The van der Waals surface area contributed by atoms with Gasteiger partial charge in [-0.25, -0.2) is 9.78 Å². The number of hydrogen-bond donors (Lipinski definition) is 2. The van der Waals surface area contributed by atoms with Crippen molar-refractivity contribution >= 4 is 28.9 Å². The molecule has 0 spiro atoms. The van der Waals surface area contributed by atoms with E-state index < -0.39 is 17.2 Å². The highest BCUT2D eigenvalue weighted by molar-refractivity contribution is 7.99. The van der Waals surface area contributed by atoms with E-state index >= 15 is 0 Å². The van der Waals surface area contributed by atoms with Gasteiger partial charge in [-0.15, -0.1) is 21.5 Å². The quantitative estimate of drug-likeness (QED) is 0.535. The number of carbonyl (C=O) groups excluding carboxylic acids is 1. The van der Waals surface area contributed by atoms with Crippen LogP contribution >= 0.6 is 23.1 Å². The van der Waals surface area contributed by atoms with Gasteiger partial charge in [-0.05, 0) is 13.8 Å². The summed E-state index contributed by atoms with van der Waals surface area (Å²) in [5.41, 5.74) is 0.356. The Labute approximate surface area is 166 Å². The molecule has 3 aromatic heterocycles. The first kappa shape index (κ1) is 19.7. The summed E-state index contributed by atoms with van der Waals surface area (Å²) in [6.07, 6.45) is 0.0403. The second-order valence-corrected chi connectivity index (χ2v) is 7.61. The van der Waals surface area contributed by atoms with Crippen molar-refractivity contribution in [3.05, 3.63) is 54.1 Å². The summed E-state index contributed by atoms with van der Waals surface area (Å²) < 4.78 is 5.45. The zero-order valence-electron chi connectivity index (χ0n) is 14.8. The normalized spacial score (nSPS) is 11.9. The largest absolute Gasteiger partial charge is 0.416 e. The summed E-state index contributed by atoms with van der Waals surface area (Å²) in [7, 11) is 0. The number of aryl methyl sites for hydroxylation is 2. The Morgan fingerprint density at radius 1 is 1.36 bits per heavy atom. The maximum absolute atomic E-state index is 12.3. The molecule has 0 aliphatic rings. The van der Waals surface area contributed by atoms with Gasteiger partial charge in [0, 0.05) is 22.3 Å². The molecule has 0 aliphatic carbocycles. The molecule has 0 fully saturated rings. The fourth-order valence-electron chi connectivity index (χ4n) is 2.34. The van der Waals surface area contributed by atoms with Gasteiger partial charge in [-0.1, -0.05) is 11.8 Å². The lowest BCUT2D eigenvalue weighted by atomic mass is 10.1. The minimum atomic E-state index is -0.934. The Kier molecular flexibility index (Phi) is 5.86. The lowest BCUT2D eigenvalue weighted by Gasteiger charge is -2.03. The van der Waals surface area contributed by atoms with Crippen LogP contribution in [-0.4, -0.2) is 36.7 Å². The van der Waals surface area contributed by atoms with Crippen LogP contribution in [0.5, 0.6) is 0 Å². The van der Waals surface area contributed by atoms with Crippen LogP contribution < -0.4 is 11.2 Å². The van der Waals surface area contributed by atoms with Crippen molar-refractivity contribution in [2.45, 2.75) is 31.4 Å². The van der Waals surface area contributed by atoms with Gasteiger partial charge < -0.3 is 9.40 Å². The summed E-state index contributed by atoms with van der Waals surface area (Å²) in [5.74, 6) is -1.11. The second-order valence-electron chi connectivity index (χ2n) is 5.79. The maximum atomic E-state index is 12.3. The van der Waals surface area contributed by atoms with Crippen LogP contribution in [-0.2, 0) is 11.2 Å². The Morgan fingerprint density at radius 2 is 2.14 bits per heavy atom. The molecule has 10 nitrogen and oxygen atoms in total. The van der Waals surface area contributed by atoms with Crippen molar-refractivity contribution in [1.82, 2.24) is 25.1 Å². The fraction of sp³-hybridized carbons (Fsp3) is 0.312. The molecule has 3 heterocycles. The average molecular weight is 418 g/mol. The van der Waals surface area contributed by atoms with Gasteiger partial charge in [0.2, 0.25) is 5.89 Å². The van der Waals surface area contributed by atoms with E-state index in [9.17, 15) is 19.6 Å². The first-order chi connectivity index (χ1) is 13.4. The third kappa shape index (κ3) is 4.44. The van der Waals surface area contributed by atoms with E-state index in [-0.39, 0.29) is 29.1 Å². The number of thioether (sulfide) groups is 1. The van der Waals surface area contributed by atoms with Gasteiger partial charge in [0.1, 0.15) is 5.01 Å². The number of hydrogen-bond acceptors (Lipinski definition) is 10. The Hall–Kier alpha value is -3.04. The van der Waals surface area contributed by atoms with Crippen LogP contribution in [0.3, 0.4) is 0 Å². The third-order valence-corrected chi connectivity index (χ3v) is 5.57. The van der Waals surface area contributed by atoms with Gasteiger partial charge in [-0.2, -0.15) is 5.26 Å². The average Bonchev–Trinajstić information content (AvgIpc) is 3.26. The fourth-order valence-corrected chi connectivity index (χ4v) is 3.89. The van der Waals surface area contributed by atoms with Gasteiger partial charge in [0.15, 0.2) is 11.7 Å². The summed E-state index contributed by atoms with van der Waals surface area (Å²) in [4.78, 5) is 44.3. The predicted molar refractivity (Wildman–Crippen MR) is 100 cm³/mol. The summed E-state index contributed by atoms with van der Waals surface area (Å²) in [6.45, 7) is 3.39. The summed E-state index contributed by atoms with van der Waals surface area (Å²) in [6, 6.07) is 1.97. The minimum Gasteiger partial charge on any atom is -0.416 e. The van der Waals surface area contributed by atoms with Crippen LogP contribution in [0, 0.1) is 25.2 Å². The molecule has 144 valence electrons. The number of Topliss-reactive ketones (excluding diaryl/α,β-unsaturated/α-hetero) is 1. The van der Waals surface area contributed by atoms with Crippen LogP contribution in [0.15, 0.2) is 24.6 Å². The Balaban J connectivity index is 1.65. The van der Waals surface area contributed by atoms with Crippen LogP contribution in [0.4, 0.5) is 0 Å². The van der Waals surface area contributed by atoms with Crippen molar-refractivity contribution in [2.24, 2.45) is 0 Å². The molecular weight excluding hydrogens is 404 g/mol. The topological polar surface area (TPSA) is 158 Å². The molecule has 0 saturated carbocycles. The molecule has 0 aromatic carbocycles. The van der Waals surface area contributed by atoms with Crippen LogP contribution in [0.2, 0.25) is 0 Å². The molecule has 12 heteroatoms. The number of aromatic nitrogens is 5. The van der Waals surface area contributed by atoms with Crippen LogP contribution in [0.1, 0.15) is 33.8 Å². The zero-order valence-corrected chi connectivity index (χ0v) is 16.4. The molecule has 0 radical (unpaired) electrons. The van der Waals surface area contributed by atoms with Gasteiger partial charge >= 0.3 is 5.69 Å². The molecule has 1 atom stereocenters. The molecule has 1 unspecified atom stereocenters. The smallest absolute Gasteiger partial charge is 0.325 e. The van der Waals surface area contributed by atoms with E-state index in [2.05, 4.69) is 25.1 Å². The number of ketones is 1. The molecule has 0 aliphatic heterocycles. The van der Waals surface area contributed by atoms with E-state index in [4.69, 9.17) is 4.42 Å². The standard InChI is InChI=1S/C16H14N6O4S2/c1-7-5-27-14(18-7)10(4-17)11(23)6-28-16-22-21-12(26-16)3-9-8(2)19-15(25)20-13(9)24/h5,10H,3,6H2,1-2H3,(H2,19,20,24,25). The van der Waals surface area contributed by atoms with E-state index in [1.165, 1.54) is 11.3 Å². The van der Waals surface area contributed by atoms with Crippen molar-refractivity contribution in [2.75, 3.05) is 5.75 Å². The highest BCUT2D eigenvalue weighted by Gasteiger charge is 2.24. The first-order valence-corrected chi connectivity index (χ1v) is 9.85. The lowest BCUT2D eigenvalue weighted by Crippen LogP contribution is -2.27. The van der Waals surface area contributed by atoms with Gasteiger partial charge in [0.25, 0.3) is 10.8 Å². The van der Waals surface area contributed by atoms with E-state index in [0.717, 1.165) is 17.5 Å². The highest BCUT2D eigenvalue weighted by Crippen LogP contribution is 2.24. The van der Waals surface area contributed by atoms with Gasteiger partial charge in [-0.3, -0.25) is 14.6 Å². The minimum absolute atomic E-state index is 0.0310. The highest BCUT2D eigenvalue weighted by atomic mass is 32.2. The molecule has 28 heavy (non-hydrogen) atoms. The predicted octanol–water partition coefficient (Wildman–Crippen LogP) is 1.08. The molecule has 3 aromatic rings.